The van der Waals surface area contributed by atoms with Gasteiger partial charge < -0.3 is 9.47 Å². The molecule has 140 valence electrons. The van der Waals surface area contributed by atoms with E-state index in [0.717, 1.165) is 22.1 Å². The number of anilines is 1. The molecule has 0 saturated carbocycles. The van der Waals surface area contributed by atoms with Gasteiger partial charge in [-0.25, -0.2) is 4.98 Å². The Labute approximate surface area is 161 Å². The van der Waals surface area contributed by atoms with Gasteiger partial charge in [-0.1, -0.05) is 18.2 Å². The summed E-state index contributed by atoms with van der Waals surface area (Å²) in [6.07, 6.45) is 1.91. The van der Waals surface area contributed by atoms with Crippen molar-refractivity contribution in [2.45, 2.75) is 20.3 Å². The maximum absolute atomic E-state index is 11.5. The van der Waals surface area contributed by atoms with Gasteiger partial charge in [0.25, 0.3) is 0 Å². The third kappa shape index (κ3) is 5.27. The van der Waals surface area contributed by atoms with Crippen molar-refractivity contribution >= 4 is 39.4 Å². The first kappa shape index (κ1) is 18.8. The van der Waals surface area contributed by atoms with Crippen LogP contribution in [-0.4, -0.2) is 30.4 Å². The van der Waals surface area contributed by atoms with Crippen molar-refractivity contribution in [3.8, 4) is 5.75 Å². The molecule has 0 spiro atoms. The lowest BCUT2D eigenvalue weighted by molar-refractivity contribution is -0.142. The predicted octanol–water partition coefficient (Wildman–Crippen LogP) is 4.25. The molecular weight excluding hydrogens is 362 g/mol. The molecule has 7 heteroatoms. The normalized spacial score (nSPS) is 11.0. The first-order valence-corrected chi connectivity index (χ1v) is 9.61. The van der Waals surface area contributed by atoms with Crippen LogP contribution in [0.4, 0.5) is 5.13 Å². The Hall–Kier alpha value is -2.93. The van der Waals surface area contributed by atoms with Crippen molar-refractivity contribution in [2.24, 2.45) is 5.10 Å². The van der Waals surface area contributed by atoms with E-state index in [1.165, 1.54) is 11.3 Å². The quantitative estimate of drug-likeness (QED) is 0.358. The first-order valence-electron chi connectivity index (χ1n) is 8.73. The van der Waals surface area contributed by atoms with E-state index in [0.29, 0.717) is 24.0 Å². The second-order valence-electron chi connectivity index (χ2n) is 5.70. The average Bonchev–Trinajstić information content (AvgIpc) is 3.09. The molecule has 27 heavy (non-hydrogen) atoms. The highest BCUT2D eigenvalue weighted by Gasteiger charge is 2.07. The SMILES string of the molecule is CCOC(=O)Cc1csc(NN=Cc2ccc3cc(OCC)ccc3c2)n1. The van der Waals surface area contributed by atoms with Crippen molar-refractivity contribution in [1.29, 1.82) is 0 Å². The molecule has 0 aliphatic rings. The van der Waals surface area contributed by atoms with Crippen LogP contribution in [0.3, 0.4) is 0 Å². The molecule has 0 saturated heterocycles. The summed E-state index contributed by atoms with van der Waals surface area (Å²) in [7, 11) is 0. The van der Waals surface area contributed by atoms with Crippen molar-refractivity contribution in [1.82, 2.24) is 4.98 Å². The fraction of sp³-hybridized carbons (Fsp3) is 0.250. The molecule has 1 heterocycles. The molecule has 0 atom stereocenters. The lowest BCUT2D eigenvalue weighted by atomic mass is 10.1. The number of carbonyl (C=O) groups excluding carboxylic acids is 1. The van der Waals surface area contributed by atoms with E-state index >= 15 is 0 Å². The third-order valence-electron chi connectivity index (χ3n) is 3.70. The zero-order chi connectivity index (χ0) is 19.1. The Bertz CT molecular complexity index is 953. The van der Waals surface area contributed by atoms with Gasteiger partial charge in [-0.2, -0.15) is 5.10 Å². The summed E-state index contributed by atoms with van der Waals surface area (Å²) in [5.74, 6) is 0.594. The summed E-state index contributed by atoms with van der Waals surface area (Å²) in [5.41, 5.74) is 4.55. The van der Waals surface area contributed by atoms with E-state index < -0.39 is 0 Å². The van der Waals surface area contributed by atoms with Gasteiger partial charge in [-0.05, 0) is 48.4 Å². The summed E-state index contributed by atoms with van der Waals surface area (Å²) in [6.45, 7) is 4.78. The molecule has 6 nitrogen and oxygen atoms in total. The van der Waals surface area contributed by atoms with Crippen LogP contribution >= 0.6 is 11.3 Å². The van der Waals surface area contributed by atoms with Crippen LogP contribution in [0.25, 0.3) is 10.8 Å². The smallest absolute Gasteiger partial charge is 0.311 e. The molecule has 3 rings (SSSR count). The number of benzene rings is 2. The number of thiazole rings is 1. The molecule has 0 aliphatic heterocycles. The van der Waals surface area contributed by atoms with Gasteiger partial charge in [-0.3, -0.25) is 10.2 Å². The maximum Gasteiger partial charge on any atom is 0.311 e. The Kier molecular flexibility index (Phi) is 6.38. The van der Waals surface area contributed by atoms with Crippen LogP contribution in [0, 0.1) is 0 Å². The van der Waals surface area contributed by atoms with E-state index in [1.54, 1.807) is 13.1 Å². The van der Waals surface area contributed by atoms with E-state index in [-0.39, 0.29) is 12.4 Å². The molecule has 1 aromatic heterocycles. The standard InChI is InChI=1S/C20H21N3O3S/c1-3-25-18-8-7-15-9-14(5-6-16(15)10-18)12-21-23-20-22-17(13-27-20)11-19(24)26-4-2/h5-10,12-13H,3-4,11H2,1-2H3,(H,22,23). The number of hydrazone groups is 1. The van der Waals surface area contributed by atoms with E-state index in [4.69, 9.17) is 9.47 Å². The summed E-state index contributed by atoms with van der Waals surface area (Å²) < 4.78 is 10.4. The Morgan fingerprint density at radius 1 is 1.19 bits per heavy atom. The zero-order valence-corrected chi connectivity index (χ0v) is 16.1. The number of ether oxygens (including phenoxy) is 2. The molecular formula is C20H21N3O3S. The van der Waals surface area contributed by atoms with Gasteiger partial charge in [0.2, 0.25) is 5.13 Å². The number of carbonyl (C=O) groups is 1. The number of hydrogen-bond donors (Lipinski definition) is 1. The highest BCUT2D eigenvalue weighted by molar-refractivity contribution is 7.13. The van der Waals surface area contributed by atoms with Crippen molar-refractivity contribution in [3.05, 3.63) is 53.0 Å². The van der Waals surface area contributed by atoms with Gasteiger partial charge in [0.1, 0.15) is 5.75 Å². The zero-order valence-electron chi connectivity index (χ0n) is 15.3. The van der Waals surface area contributed by atoms with Crippen molar-refractivity contribution < 1.29 is 14.3 Å². The lowest BCUT2D eigenvalue weighted by Gasteiger charge is -2.05. The second-order valence-corrected chi connectivity index (χ2v) is 6.56. The average molecular weight is 383 g/mol. The third-order valence-corrected chi connectivity index (χ3v) is 4.50. The van der Waals surface area contributed by atoms with Gasteiger partial charge in [0.05, 0.1) is 31.5 Å². The first-order chi connectivity index (χ1) is 13.2. The van der Waals surface area contributed by atoms with Crippen LogP contribution < -0.4 is 10.2 Å². The number of rotatable bonds is 8. The highest BCUT2D eigenvalue weighted by Crippen LogP contribution is 2.22. The monoisotopic (exact) mass is 383 g/mol. The molecule has 0 radical (unpaired) electrons. The summed E-state index contributed by atoms with van der Waals surface area (Å²) >= 11 is 1.40. The fourth-order valence-electron chi connectivity index (χ4n) is 2.54. The number of esters is 1. The van der Waals surface area contributed by atoms with E-state index in [1.807, 2.05) is 42.6 Å². The molecule has 3 aromatic rings. The molecule has 0 amide bonds. The van der Waals surface area contributed by atoms with Gasteiger partial charge in [-0.15, -0.1) is 11.3 Å². The molecule has 0 fully saturated rings. The predicted molar refractivity (Wildman–Crippen MR) is 109 cm³/mol. The minimum atomic E-state index is -0.276. The van der Waals surface area contributed by atoms with Crippen molar-refractivity contribution in [3.63, 3.8) is 0 Å². The molecule has 2 aromatic carbocycles. The Balaban J connectivity index is 1.62. The minimum Gasteiger partial charge on any atom is -0.494 e. The number of nitrogens with one attached hydrogen (secondary N) is 1. The topological polar surface area (TPSA) is 72.8 Å². The summed E-state index contributed by atoms with van der Waals surface area (Å²) in [5, 5.41) is 8.92. The Morgan fingerprint density at radius 3 is 2.81 bits per heavy atom. The molecule has 0 unspecified atom stereocenters. The summed E-state index contributed by atoms with van der Waals surface area (Å²) in [6, 6.07) is 12.1. The lowest BCUT2D eigenvalue weighted by Crippen LogP contribution is -2.07. The number of hydrogen-bond acceptors (Lipinski definition) is 7. The number of nitrogens with zero attached hydrogens (tertiary/aromatic N) is 2. The van der Waals surface area contributed by atoms with Crippen LogP contribution in [0.1, 0.15) is 25.1 Å². The maximum atomic E-state index is 11.5. The van der Waals surface area contributed by atoms with Crippen molar-refractivity contribution in [2.75, 3.05) is 18.6 Å². The molecule has 0 aliphatic carbocycles. The van der Waals surface area contributed by atoms with Gasteiger partial charge in [0, 0.05) is 5.38 Å². The second kappa shape index (κ2) is 9.14. The number of fused-ring (bicyclic) bond motifs is 1. The van der Waals surface area contributed by atoms with Crippen LogP contribution in [0.15, 0.2) is 46.9 Å². The molecule has 1 N–H and O–H groups in total. The fourth-order valence-corrected chi connectivity index (χ4v) is 3.20. The van der Waals surface area contributed by atoms with Crippen LogP contribution in [0.5, 0.6) is 5.75 Å². The highest BCUT2D eigenvalue weighted by atomic mass is 32.1. The van der Waals surface area contributed by atoms with Gasteiger partial charge >= 0.3 is 5.97 Å². The molecule has 0 bridgehead atoms. The number of aromatic nitrogens is 1. The van der Waals surface area contributed by atoms with Gasteiger partial charge in [0.15, 0.2) is 0 Å². The van der Waals surface area contributed by atoms with Crippen LogP contribution in [-0.2, 0) is 16.0 Å². The Morgan fingerprint density at radius 2 is 2.00 bits per heavy atom. The largest absolute Gasteiger partial charge is 0.494 e. The van der Waals surface area contributed by atoms with Crippen LogP contribution in [0.2, 0.25) is 0 Å². The van der Waals surface area contributed by atoms with E-state index in [9.17, 15) is 4.79 Å². The van der Waals surface area contributed by atoms with E-state index in [2.05, 4.69) is 21.6 Å². The summed E-state index contributed by atoms with van der Waals surface area (Å²) in [4.78, 5) is 15.8. The minimum absolute atomic E-state index is 0.171.